The largest absolute Gasteiger partial charge is 0.483 e. The SMILES string of the molecule is CC(C)C(C)Oc1c(C(=O)O)cccc1[N+](=O)[O-]. The molecule has 1 aromatic rings. The molecule has 0 saturated carbocycles. The minimum Gasteiger partial charge on any atom is -0.483 e. The zero-order valence-corrected chi connectivity index (χ0v) is 10.4. The quantitative estimate of drug-likeness (QED) is 0.643. The lowest BCUT2D eigenvalue weighted by molar-refractivity contribution is -0.386. The third-order valence-electron chi connectivity index (χ3n) is 2.66. The van der Waals surface area contributed by atoms with Gasteiger partial charge in [-0.05, 0) is 18.9 Å². The van der Waals surface area contributed by atoms with Gasteiger partial charge < -0.3 is 9.84 Å². The molecule has 1 atom stereocenters. The van der Waals surface area contributed by atoms with Gasteiger partial charge in [-0.2, -0.15) is 0 Å². The van der Waals surface area contributed by atoms with Crippen molar-refractivity contribution >= 4 is 11.7 Å². The average Bonchev–Trinajstić information content (AvgIpc) is 2.28. The van der Waals surface area contributed by atoms with Crippen LogP contribution in [-0.4, -0.2) is 22.1 Å². The van der Waals surface area contributed by atoms with Gasteiger partial charge in [0.1, 0.15) is 5.56 Å². The Bertz CT molecular complexity index is 437. The Hall–Kier alpha value is -2.11. The number of ether oxygens (including phenoxy) is 1. The molecule has 0 aliphatic carbocycles. The number of hydrogen-bond donors (Lipinski definition) is 1. The summed E-state index contributed by atoms with van der Waals surface area (Å²) in [7, 11) is 0. The summed E-state index contributed by atoms with van der Waals surface area (Å²) in [6, 6.07) is 3.85. The molecule has 0 aliphatic rings. The number of benzene rings is 1. The molecule has 0 amide bonds. The number of hydrogen-bond acceptors (Lipinski definition) is 4. The third kappa shape index (κ3) is 2.97. The van der Waals surface area contributed by atoms with Gasteiger partial charge in [-0.25, -0.2) is 4.79 Å². The van der Waals surface area contributed by atoms with Gasteiger partial charge in [0.15, 0.2) is 0 Å². The Morgan fingerprint density at radius 3 is 2.44 bits per heavy atom. The Morgan fingerprint density at radius 2 is 2.00 bits per heavy atom. The van der Waals surface area contributed by atoms with E-state index in [4.69, 9.17) is 9.84 Å². The van der Waals surface area contributed by atoms with Crippen molar-refractivity contribution in [2.24, 2.45) is 5.92 Å². The molecule has 1 unspecified atom stereocenters. The van der Waals surface area contributed by atoms with Crippen LogP contribution in [0.25, 0.3) is 0 Å². The van der Waals surface area contributed by atoms with Gasteiger partial charge in [0.05, 0.1) is 11.0 Å². The molecule has 1 rings (SSSR count). The molecule has 1 aromatic carbocycles. The maximum absolute atomic E-state index is 11.0. The summed E-state index contributed by atoms with van der Waals surface area (Å²) in [6.07, 6.45) is -0.316. The summed E-state index contributed by atoms with van der Waals surface area (Å²) in [5, 5.41) is 19.9. The van der Waals surface area contributed by atoms with E-state index in [0.717, 1.165) is 0 Å². The maximum atomic E-state index is 11.0. The molecule has 98 valence electrons. The maximum Gasteiger partial charge on any atom is 0.339 e. The second-order valence-electron chi connectivity index (χ2n) is 4.28. The highest BCUT2D eigenvalue weighted by atomic mass is 16.6. The number of nitro groups is 1. The van der Waals surface area contributed by atoms with E-state index in [1.807, 2.05) is 13.8 Å². The van der Waals surface area contributed by atoms with E-state index in [0.29, 0.717) is 0 Å². The molecule has 0 aliphatic heterocycles. The van der Waals surface area contributed by atoms with E-state index < -0.39 is 10.9 Å². The highest BCUT2D eigenvalue weighted by Gasteiger charge is 2.25. The first-order valence-electron chi connectivity index (χ1n) is 5.52. The summed E-state index contributed by atoms with van der Waals surface area (Å²) >= 11 is 0. The van der Waals surface area contributed by atoms with Crippen LogP contribution in [0.4, 0.5) is 5.69 Å². The van der Waals surface area contributed by atoms with Gasteiger partial charge in [-0.1, -0.05) is 19.9 Å². The molecule has 6 nitrogen and oxygen atoms in total. The van der Waals surface area contributed by atoms with Crippen molar-refractivity contribution in [2.45, 2.75) is 26.9 Å². The van der Waals surface area contributed by atoms with Crippen LogP contribution >= 0.6 is 0 Å². The molecule has 0 spiro atoms. The fraction of sp³-hybridized carbons (Fsp3) is 0.417. The standard InChI is InChI=1S/C12H15NO5/c1-7(2)8(3)18-11-9(12(14)15)5-4-6-10(11)13(16)17/h4-8H,1-3H3,(H,14,15). The minimum absolute atomic E-state index is 0.117. The number of nitro benzene ring substituents is 1. The Kier molecular flexibility index (Phi) is 4.25. The molecule has 0 radical (unpaired) electrons. The van der Waals surface area contributed by atoms with Gasteiger partial charge in [0.2, 0.25) is 5.75 Å². The molecule has 0 aromatic heterocycles. The van der Waals surface area contributed by atoms with Crippen LogP contribution in [-0.2, 0) is 0 Å². The number of rotatable bonds is 5. The number of carboxylic acids is 1. The predicted molar refractivity (Wildman–Crippen MR) is 65.0 cm³/mol. The van der Waals surface area contributed by atoms with Crippen LogP contribution < -0.4 is 4.74 Å². The molecule has 0 heterocycles. The summed E-state index contributed by atoms with van der Waals surface area (Å²) in [5.74, 6) is -1.31. The van der Waals surface area contributed by atoms with E-state index in [1.54, 1.807) is 6.92 Å². The van der Waals surface area contributed by atoms with Gasteiger partial charge in [-0.15, -0.1) is 0 Å². The van der Waals surface area contributed by atoms with Crippen LogP contribution in [0, 0.1) is 16.0 Å². The van der Waals surface area contributed by atoms with Crippen LogP contribution in [0.15, 0.2) is 18.2 Å². The van der Waals surface area contributed by atoms with E-state index in [-0.39, 0.29) is 29.0 Å². The fourth-order valence-corrected chi connectivity index (χ4v) is 1.28. The van der Waals surface area contributed by atoms with Crippen molar-refractivity contribution < 1.29 is 19.6 Å². The molecule has 18 heavy (non-hydrogen) atoms. The predicted octanol–water partition coefficient (Wildman–Crippen LogP) is 2.72. The normalized spacial score (nSPS) is 12.2. The summed E-state index contributed by atoms with van der Waals surface area (Å²) in [5.41, 5.74) is -0.529. The highest BCUT2D eigenvalue weighted by Crippen LogP contribution is 2.32. The first-order chi connectivity index (χ1) is 8.34. The number of carbonyl (C=O) groups is 1. The Morgan fingerprint density at radius 1 is 1.39 bits per heavy atom. The number of para-hydroxylation sites is 1. The molecular formula is C12H15NO5. The molecular weight excluding hydrogens is 238 g/mol. The summed E-state index contributed by atoms with van der Waals surface area (Å²) in [4.78, 5) is 21.3. The van der Waals surface area contributed by atoms with Crippen molar-refractivity contribution in [3.63, 3.8) is 0 Å². The fourth-order valence-electron chi connectivity index (χ4n) is 1.28. The van der Waals surface area contributed by atoms with E-state index >= 15 is 0 Å². The monoisotopic (exact) mass is 253 g/mol. The zero-order valence-electron chi connectivity index (χ0n) is 10.4. The van der Waals surface area contributed by atoms with Crippen LogP contribution in [0.1, 0.15) is 31.1 Å². The van der Waals surface area contributed by atoms with E-state index in [2.05, 4.69) is 0 Å². The van der Waals surface area contributed by atoms with Crippen molar-refractivity contribution in [1.82, 2.24) is 0 Å². The molecule has 6 heteroatoms. The van der Waals surface area contributed by atoms with Crippen LogP contribution in [0.2, 0.25) is 0 Å². The lowest BCUT2D eigenvalue weighted by Crippen LogP contribution is -2.20. The van der Waals surface area contributed by atoms with E-state index in [9.17, 15) is 14.9 Å². The van der Waals surface area contributed by atoms with Gasteiger partial charge in [0.25, 0.3) is 0 Å². The molecule has 0 saturated heterocycles. The smallest absolute Gasteiger partial charge is 0.339 e. The molecule has 0 bridgehead atoms. The highest BCUT2D eigenvalue weighted by molar-refractivity contribution is 5.92. The molecule has 1 N–H and O–H groups in total. The van der Waals surface area contributed by atoms with Crippen molar-refractivity contribution in [2.75, 3.05) is 0 Å². The van der Waals surface area contributed by atoms with Crippen molar-refractivity contribution in [1.29, 1.82) is 0 Å². The lowest BCUT2D eigenvalue weighted by atomic mass is 10.1. The topological polar surface area (TPSA) is 89.7 Å². The van der Waals surface area contributed by atoms with E-state index in [1.165, 1.54) is 18.2 Å². The van der Waals surface area contributed by atoms with Crippen LogP contribution in [0.3, 0.4) is 0 Å². The Labute approximate surface area is 104 Å². The van der Waals surface area contributed by atoms with Gasteiger partial charge in [-0.3, -0.25) is 10.1 Å². The number of nitrogens with zero attached hydrogens (tertiary/aromatic N) is 1. The average molecular weight is 253 g/mol. The second kappa shape index (κ2) is 5.48. The first-order valence-corrected chi connectivity index (χ1v) is 5.52. The first kappa shape index (κ1) is 14.0. The van der Waals surface area contributed by atoms with Gasteiger partial charge in [0, 0.05) is 6.07 Å². The zero-order chi connectivity index (χ0) is 13.9. The number of aromatic carboxylic acids is 1. The Balaban J connectivity index is 3.27. The number of carboxylic acid groups (broad SMARTS) is 1. The van der Waals surface area contributed by atoms with Crippen LogP contribution in [0.5, 0.6) is 5.75 Å². The van der Waals surface area contributed by atoms with Gasteiger partial charge >= 0.3 is 11.7 Å². The van der Waals surface area contributed by atoms with Crippen molar-refractivity contribution in [3.8, 4) is 5.75 Å². The second-order valence-corrected chi connectivity index (χ2v) is 4.28. The lowest BCUT2D eigenvalue weighted by Gasteiger charge is -2.19. The molecule has 0 fully saturated rings. The minimum atomic E-state index is -1.25. The van der Waals surface area contributed by atoms with Crippen molar-refractivity contribution in [3.05, 3.63) is 33.9 Å². The third-order valence-corrected chi connectivity index (χ3v) is 2.66. The summed E-state index contributed by atoms with van der Waals surface area (Å²) < 4.78 is 5.44. The summed E-state index contributed by atoms with van der Waals surface area (Å²) in [6.45, 7) is 5.52.